The van der Waals surface area contributed by atoms with Crippen LogP contribution in [-0.4, -0.2) is 36.6 Å². The van der Waals surface area contributed by atoms with Gasteiger partial charge in [0.1, 0.15) is 17.2 Å². The predicted molar refractivity (Wildman–Crippen MR) is 111 cm³/mol. The van der Waals surface area contributed by atoms with Crippen LogP contribution in [0.25, 0.3) is 33.7 Å². The molecule has 4 rings (SSSR count). The molecule has 3 aromatic heterocycles. The van der Waals surface area contributed by atoms with E-state index >= 15 is 0 Å². The Hall–Kier alpha value is -2.90. The third-order valence-electron chi connectivity index (χ3n) is 4.04. The van der Waals surface area contributed by atoms with E-state index in [0.29, 0.717) is 33.0 Å². The number of aromatic hydroxyl groups is 1. The number of ketones is 1. The molecule has 0 unspecified atom stereocenters. The molecule has 6 nitrogen and oxygen atoms in total. The van der Waals surface area contributed by atoms with E-state index in [1.54, 1.807) is 24.4 Å². The third kappa shape index (κ3) is 3.72. The van der Waals surface area contributed by atoms with E-state index in [2.05, 4.69) is 19.9 Å². The van der Waals surface area contributed by atoms with Gasteiger partial charge in [0, 0.05) is 17.3 Å². The van der Waals surface area contributed by atoms with E-state index in [4.69, 9.17) is 11.6 Å². The van der Waals surface area contributed by atoms with E-state index in [1.807, 2.05) is 24.3 Å². The van der Waals surface area contributed by atoms with Gasteiger partial charge in [0.2, 0.25) is 0 Å². The van der Waals surface area contributed by atoms with Gasteiger partial charge in [-0.15, -0.1) is 0 Å². The van der Waals surface area contributed by atoms with Crippen molar-refractivity contribution in [2.75, 3.05) is 5.75 Å². The molecule has 0 atom stereocenters. The van der Waals surface area contributed by atoms with E-state index in [9.17, 15) is 9.90 Å². The Bertz CT molecular complexity index is 1170. The van der Waals surface area contributed by atoms with Crippen molar-refractivity contribution >= 4 is 40.3 Å². The van der Waals surface area contributed by atoms with Crippen molar-refractivity contribution in [1.82, 2.24) is 19.9 Å². The lowest BCUT2D eigenvalue weighted by Crippen LogP contribution is -1.93. The molecule has 2 N–H and O–H groups in total. The van der Waals surface area contributed by atoms with Crippen LogP contribution in [0.3, 0.4) is 0 Å². The number of nitrogens with zero attached hydrogens (tertiary/aromatic N) is 3. The number of Topliss-reactive ketones (excluding diaryl/α,β-unsaturated/α-hetero) is 1. The van der Waals surface area contributed by atoms with Gasteiger partial charge >= 0.3 is 0 Å². The zero-order valence-electron chi connectivity index (χ0n) is 14.8. The number of benzene rings is 1. The SMILES string of the molecule is CC(=O)CSc1nc2nc(-c3ccc(-c4ncccc4O)cc3)c(Cl)cc2[nH]1. The molecule has 0 aliphatic rings. The summed E-state index contributed by atoms with van der Waals surface area (Å²) in [6, 6.07) is 12.5. The summed E-state index contributed by atoms with van der Waals surface area (Å²) in [6.07, 6.45) is 1.63. The lowest BCUT2D eigenvalue weighted by molar-refractivity contribution is -0.114. The van der Waals surface area contributed by atoms with Gasteiger partial charge in [0.05, 0.1) is 22.0 Å². The Morgan fingerprint density at radius 3 is 2.54 bits per heavy atom. The maximum absolute atomic E-state index is 11.2. The van der Waals surface area contributed by atoms with Gasteiger partial charge in [-0.1, -0.05) is 47.6 Å². The fourth-order valence-electron chi connectivity index (χ4n) is 2.74. The molecule has 140 valence electrons. The second-order valence-corrected chi connectivity index (χ2v) is 7.54. The predicted octanol–water partition coefficient (Wildman–Crippen LogP) is 4.73. The molecule has 0 radical (unpaired) electrons. The number of carbonyl (C=O) groups is 1. The molecule has 28 heavy (non-hydrogen) atoms. The summed E-state index contributed by atoms with van der Waals surface area (Å²) in [5.74, 6) is 0.554. The Labute approximate surface area is 170 Å². The highest BCUT2D eigenvalue weighted by Gasteiger charge is 2.13. The third-order valence-corrected chi connectivity index (χ3v) is 5.34. The minimum Gasteiger partial charge on any atom is -0.506 e. The molecule has 0 aliphatic carbocycles. The minimum absolute atomic E-state index is 0.0798. The van der Waals surface area contributed by atoms with Crippen LogP contribution in [0.4, 0.5) is 0 Å². The van der Waals surface area contributed by atoms with Crippen molar-refractivity contribution < 1.29 is 9.90 Å². The number of rotatable bonds is 5. The molecule has 8 heteroatoms. The van der Waals surface area contributed by atoms with Crippen molar-refractivity contribution in [2.24, 2.45) is 0 Å². The van der Waals surface area contributed by atoms with Gasteiger partial charge in [-0.3, -0.25) is 9.78 Å². The maximum Gasteiger partial charge on any atom is 0.179 e. The maximum atomic E-state index is 11.2. The number of hydrogen-bond acceptors (Lipinski definition) is 6. The first-order valence-electron chi connectivity index (χ1n) is 8.44. The van der Waals surface area contributed by atoms with Gasteiger partial charge in [0.25, 0.3) is 0 Å². The van der Waals surface area contributed by atoms with E-state index in [-0.39, 0.29) is 11.5 Å². The largest absolute Gasteiger partial charge is 0.506 e. The average molecular weight is 411 g/mol. The Kier molecular flexibility index (Phi) is 5.02. The first kappa shape index (κ1) is 18.5. The lowest BCUT2D eigenvalue weighted by atomic mass is 10.1. The van der Waals surface area contributed by atoms with Gasteiger partial charge in [-0.05, 0) is 25.1 Å². The van der Waals surface area contributed by atoms with Crippen molar-refractivity contribution in [3.05, 3.63) is 53.7 Å². The van der Waals surface area contributed by atoms with Crippen LogP contribution in [0.5, 0.6) is 5.75 Å². The average Bonchev–Trinajstić information content (AvgIpc) is 3.08. The number of aromatic amines is 1. The zero-order chi connectivity index (χ0) is 19.7. The fourth-order valence-corrected chi connectivity index (χ4v) is 3.68. The van der Waals surface area contributed by atoms with Crippen LogP contribution in [0.1, 0.15) is 6.92 Å². The van der Waals surface area contributed by atoms with E-state index in [1.165, 1.54) is 18.7 Å². The molecule has 0 bridgehead atoms. The number of nitrogens with one attached hydrogen (secondary N) is 1. The highest BCUT2D eigenvalue weighted by molar-refractivity contribution is 7.99. The number of carbonyl (C=O) groups excluding carboxylic acids is 1. The van der Waals surface area contributed by atoms with Crippen LogP contribution in [0.2, 0.25) is 5.02 Å². The number of H-pyrrole nitrogens is 1. The highest BCUT2D eigenvalue weighted by atomic mass is 35.5. The van der Waals surface area contributed by atoms with Gasteiger partial charge in [0.15, 0.2) is 10.8 Å². The summed E-state index contributed by atoms with van der Waals surface area (Å²) in [5.41, 5.74) is 4.00. The van der Waals surface area contributed by atoms with Gasteiger partial charge in [-0.2, -0.15) is 0 Å². The van der Waals surface area contributed by atoms with Crippen LogP contribution in [0, 0.1) is 0 Å². The molecule has 3 heterocycles. The summed E-state index contributed by atoms with van der Waals surface area (Å²) in [5, 5.41) is 11.1. The van der Waals surface area contributed by atoms with Crippen LogP contribution in [0.15, 0.2) is 53.8 Å². The first-order valence-corrected chi connectivity index (χ1v) is 9.81. The molecule has 0 amide bonds. The van der Waals surface area contributed by atoms with Gasteiger partial charge < -0.3 is 10.1 Å². The summed E-state index contributed by atoms with van der Waals surface area (Å²) in [7, 11) is 0. The van der Waals surface area contributed by atoms with Crippen molar-refractivity contribution in [2.45, 2.75) is 12.1 Å². The number of hydrogen-bond donors (Lipinski definition) is 2. The molecule has 0 fully saturated rings. The monoisotopic (exact) mass is 410 g/mol. The topological polar surface area (TPSA) is 91.8 Å². The second kappa shape index (κ2) is 7.61. The summed E-state index contributed by atoms with van der Waals surface area (Å²) in [4.78, 5) is 27.5. The number of fused-ring (bicyclic) bond motifs is 1. The van der Waals surface area contributed by atoms with Crippen LogP contribution < -0.4 is 0 Å². The first-order chi connectivity index (χ1) is 13.5. The molecular formula is C20H15ClN4O2S. The van der Waals surface area contributed by atoms with E-state index < -0.39 is 0 Å². The molecule has 1 aromatic carbocycles. The van der Waals surface area contributed by atoms with Crippen molar-refractivity contribution in [3.8, 4) is 28.3 Å². The standard InChI is InChI=1S/C20H15ClN4O2S/c1-11(26)10-28-20-23-15-9-14(21)17(24-19(15)25-20)12-4-6-13(7-5-12)18-16(27)3-2-8-22-18/h2-9,27H,10H2,1H3,(H,23,24,25). The highest BCUT2D eigenvalue weighted by Crippen LogP contribution is 2.32. The normalized spacial score (nSPS) is 11.1. The Morgan fingerprint density at radius 2 is 1.86 bits per heavy atom. The zero-order valence-corrected chi connectivity index (χ0v) is 16.4. The number of aromatic nitrogens is 4. The van der Waals surface area contributed by atoms with Crippen LogP contribution in [-0.2, 0) is 4.79 Å². The second-order valence-electron chi connectivity index (χ2n) is 6.17. The quantitative estimate of drug-likeness (QED) is 0.462. The summed E-state index contributed by atoms with van der Waals surface area (Å²) >= 11 is 7.77. The summed E-state index contributed by atoms with van der Waals surface area (Å²) < 4.78 is 0. The molecule has 0 aliphatic heterocycles. The molecular weight excluding hydrogens is 396 g/mol. The number of pyridine rings is 2. The van der Waals surface area contributed by atoms with E-state index in [0.717, 1.165) is 16.6 Å². The molecule has 4 aromatic rings. The molecule has 0 saturated carbocycles. The summed E-state index contributed by atoms with van der Waals surface area (Å²) in [6.45, 7) is 1.54. The number of thioether (sulfide) groups is 1. The minimum atomic E-state index is 0.0798. The smallest absolute Gasteiger partial charge is 0.179 e. The van der Waals surface area contributed by atoms with Crippen molar-refractivity contribution in [1.29, 1.82) is 0 Å². The van der Waals surface area contributed by atoms with Gasteiger partial charge in [-0.25, -0.2) is 9.97 Å². The molecule has 0 spiro atoms. The number of halogens is 1. The fraction of sp³-hybridized carbons (Fsp3) is 0.100. The van der Waals surface area contributed by atoms with Crippen molar-refractivity contribution in [3.63, 3.8) is 0 Å². The van der Waals surface area contributed by atoms with Crippen LogP contribution >= 0.6 is 23.4 Å². The lowest BCUT2D eigenvalue weighted by Gasteiger charge is -2.06. The Balaban J connectivity index is 1.67. The number of imidazole rings is 1. The molecule has 0 saturated heterocycles. The Morgan fingerprint density at radius 1 is 1.14 bits per heavy atom.